The number of aliphatic imine (C=N–C) groups is 2. The van der Waals surface area contributed by atoms with Gasteiger partial charge in [0.15, 0.2) is 0 Å². The highest BCUT2D eigenvalue weighted by Gasteiger charge is 2.33. The third-order valence-electron chi connectivity index (χ3n) is 5.19. The predicted molar refractivity (Wildman–Crippen MR) is 136 cm³/mol. The molecule has 4 rings (SSSR count). The SMILES string of the molecule is CC1(C)N=C(N)N=C(N)N1c1ccc(OCc2ccc(S(=O)(=O)Oc3ccc(F)cc3)cc2)c(Cl)c1. The quantitative estimate of drug-likeness (QED) is 0.440. The summed E-state index contributed by atoms with van der Waals surface area (Å²) in [4.78, 5) is 9.99. The van der Waals surface area contributed by atoms with Crippen molar-refractivity contribution in [1.29, 1.82) is 0 Å². The molecule has 0 fully saturated rings. The fraction of sp³-hybridized carbons (Fsp3) is 0.167. The molecule has 0 unspecified atom stereocenters. The van der Waals surface area contributed by atoms with Gasteiger partial charge in [0.25, 0.3) is 0 Å². The van der Waals surface area contributed by atoms with Gasteiger partial charge in [-0.3, -0.25) is 4.90 Å². The van der Waals surface area contributed by atoms with E-state index in [2.05, 4.69) is 9.98 Å². The number of halogens is 2. The Hall–Kier alpha value is -3.83. The third-order valence-corrected chi connectivity index (χ3v) is 6.75. The van der Waals surface area contributed by atoms with Crippen LogP contribution in [0.25, 0.3) is 0 Å². The third kappa shape index (κ3) is 5.52. The monoisotopic (exact) mass is 531 g/mol. The summed E-state index contributed by atoms with van der Waals surface area (Å²) in [6, 6.07) is 15.8. The van der Waals surface area contributed by atoms with Gasteiger partial charge in [-0.2, -0.15) is 13.4 Å². The Kier molecular flexibility index (Phi) is 6.79. The molecule has 12 heteroatoms. The molecule has 3 aromatic carbocycles. The van der Waals surface area contributed by atoms with Gasteiger partial charge in [-0.1, -0.05) is 23.7 Å². The van der Waals surface area contributed by atoms with Gasteiger partial charge >= 0.3 is 10.1 Å². The highest BCUT2D eigenvalue weighted by molar-refractivity contribution is 7.87. The van der Waals surface area contributed by atoms with E-state index in [9.17, 15) is 12.8 Å². The molecule has 1 aliphatic heterocycles. The number of nitrogens with two attached hydrogens (primary N) is 2. The van der Waals surface area contributed by atoms with E-state index in [1.807, 2.05) is 13.8 Å². The van der Waals surface area contributed by atoms with Crippen LogP contribution in [0.2, 0.25) is 5.02 Å². The van der Waals surface area contributed by atoms with E-state index in [4.69, 9.17) is 32.0 Å². The fourth-order valence-electron chi connectivity index (χ4n) is 3.58. The molecule has 1 aliphatic rings. The molecule has 0 aliphatic carbocycles. The summed E-state index contributed by atoms with van der Waals surface area (Å²) in [7, 11) is -4.08. The second-order valence-corrected chi connectivity index (χ2v) is 10.3. The van der Waals surface area contributed by atoms with E-state index in [1.54, 1.807) is 35.2 Å². The number of rotatable bonds is 7. The molecule has 0 bridgehead atoms. The van der Waals surface area contributed by atoms with Crippen LogP contribution in [0.5, 0.6) is 11.5 Å². The molecule has 1 heterocycles. The molecular formula is C24H23ClFN5O4S. The normalized spacial score (nSPS) is 15.2. The van der Waals surface area contributed by atoms with Crippen LogP contribution in [0.15, 0.2) is 81.6 Å². The molecule has 0 saturated carbocycles. The number of hydrogen-bond acceptors (Lipinski definition) is 9. The average Bonchev–Trinajstić information content (AvgIpc) is 2.79. The highest BCUT2D eigenvalue weighted by Crippen LogP contribution is 2.34. The molecule has 9 nitrogen and oxygen atoms in total. The first-order valence-corrected chi connectivity index (χ1v) is 12.4. The van der Waals surface area contributed by atoms with E-state index in [0.717, 1.165) is 12.1 Å². The van der Waals surface area contributed by atoms with Gasteiger partial charge < -0.3 is 20.4 Å². The van der Waals surface area contributed by atoms with Gasteiger partial charge in [-0.15, -0.1) is 0 Å². The lowest BCUT2D eigenvalue weighted by atomic mass is 10.1. The Morgan fingerprint density at radius 2 is 1.69 bits per heavy atom. The van der Waals surface area contributed by atoms with Crippen LogP contribution in [0.1, 0.15) is 19.4 Å². The van der Waals surface area contributed by atoms with Gasteiger partial charge in [-0.05, 0) is 74.0 Å². The first-order valence-electron chi connectivity index (χ1n) is 10.7. The number of benzene rings is 3. The minimum atomic E-state index is -4.08. The molecule has 188 valence electrons. The molecule has 4 N–H and O–H groups in total. The molecule has 0 aromatic heterocycles. The summed E-state index contributed by atoms with van der Waals surface area (Å²) in [5, 5.41) is 0.338. The van der Waals surface area contributed by atoms with Crippen molar-refractivity contribution in [3.05, 3.63) is 83.1 Å². The smallest absolute Gasteiger partial charge is 0.339 e. The zero-order valence-electron chi connectivity index (χ0n) is 19.4. The van der Waals surface area contributed by atoms with Crippen molar-refractivity contribution >= 4 is 39.3 Å². The van der Waals surface area contributed by atoms with Crippen molar-refractivity contribution in [2.45, 2.75) is 31.0 Å². The van der Waals surface area contributed by atoms with Crippen LogP contribution in [0.4, 0.5) is 10.1 Å². The Morgan fingerprint density at radius 3 is 2.31 bits per heavy atom. The second kappa shape index (κ2) is 9.67. The maximum absolute atomic E-state index is 13.0. The van der Waals surface area contributed by atoms with Crippen molar-refractivity contribution in [3.63, 3.8) is 0 Å². The van der Waals surface area contributed by atoms with Crippen LogP contribution in [-0.4, -0.2) is 26.0 Å². The Labute approximate surface area is 212 Å². The van der Waals surface area contributed by atoms with Crippen LogP contribution in [0.3, 0.4) is 0 Å². The lowest BCUT2D eigenvalue weighted by molar-refractivity contribution is 0.306. The predicted octanol–water partition coefficient (Wildman–Crippen LogP) is 4.01. The van der Waals surface area contributed by atoms with Crippen LogP contribution >= 0.6 is 11.6 Å². The van der Waals surface area contributed by atoms with Crippen LogP contribution in [-0.2, 0) is 16.7 Å². The maximum Gasteiger partial charge on any atom is 0.339 e. The Balaban J connectivity index is 1.43. The van der Waals surface area contributed by atoms with Crippen LogP contribution < -0.4 is 25.3 Å². The molecule has 0 radical (unpaired) electrons. The summed E-state index contributed by atoms with van der Waals surface area (Å²) in [6.45, 7) is 3.82. The Bertz CT molecular complexity index is 1440. The zero-order chi connectivity index (χ0) is 26.1. The summed E-state index contributed by atoms with van der Waals surface area (Å²) in [6.07, 6.45) is 0. The number of guanidine groups is 2. The van der Waals surface area contributed by atoms with E-state index in [0.29, 0.717) is 22.0 Å². The van der Waals surface area contributed by atoms with Crippen molar-refractivity contribution in [2.24, 2.45) is 21.5 Å². The van der Waals surface area contributed by atoms with E-state index in [1.165, 1.54) is 24.3 Å². The topological polar surface area (TPSA) is 133 Å². The van der Waals surface area contributed by atoms with Crippen LogP contribution in [0, 0.1) is 5.82 Å². The zero-order valence-corrected chi connectivity index (χ0v) is 20.9. The average molecular weight is 532 g/mol. The Morgan fingerprint density at radius 1 is 1.03 bits per heavy atom. The summed E-state index contributed by atoms with van der Waals surface area (Å²) < 4.78 is 48.8. The number of nitrogens with zero attached hydrogens (tertiary/aromatic N) is 3. The molecule has 0 atom stereocenters. The molecule has 0 amide bonds. The summed E-state index contributed by atoms with van der Waals surface area (Å²) in [5.41, 5.74) is 12.4. The molecule has 0 saturated heterocycles. The molecular weight excluding hydrogens is 509 g/mol. The number of anilines is 1. The van der Waals surface area contributed by atoms with Crippen molar-refractivity contribution < 1.29 is 21.7 Å². The van der Waals surface area contributed by atoms with Gasteiger partial charge in [0, 0.05) is 5.69 Å². The standard InChI is InChI=1S/C24H23ClFN5O4S/c1-24(2)30-22(27)29-23(28)31(24)17-7-12-21(20(25)13-17)34-14-15-3-10-19(11-4-15)36(32,33)35-18-8-5-16(26)6-9-18/h3-13H,14H2,1-2H3,(H4,27,28,29,30). The number of ether oxygens (including phenoxy) is 1. The van der Waals surface area contributed by atoms with Gasteiger partial charge in [0.1, 0.15) is 34.5 Å². The van der Waals surface area contributed by atoms with E-state index in [-0.39, 0.29) is 29.2 Å². The molecule has 0 spiro atoms. The fourth-order valence-corrected chi connectivity index (χ4v) is 4.73. The first kappa shape index (κ1) is 25.3. The van der Waals surface area contributed by atoms with E-state index >= 15 is 0 Å². The van der Waals surface area contributed by atoms with Crippen molar-refractivity contribution in [2.75, 3.05) is 4.90 Å². The summed E-state index contributed by atoms with van der Waals surface area (Å²) in [5.74, 6) is 0.228. The molecule has 3 aromatic rings. The van der Waals surface area contributed by atoms with Gasteiger partial charge in [0.2, 0.25) is 11.9 Å². The van der Waals surface area contributed by atoms with E-state index < -0.39 is 21.6 Å². The van der Waals surface area contributed by atoms with Gasteiger partial charge in [-0.25, -0.2) is 9.38 Å². The second-order valence-electron chi connectivity index (χ2n) is 8.31. The maximum atomic E-state index is 13.0. The largest absolute Gasteiger partial charge is 0.487 e. The van der Waals surface area contributed by atoms with Gasteiger partial charge in [0.05, 0.1) is 5.02 Å². The highest BCUT2D eigenvalue weighted by atomic mass is 35.5. The lowest BCUT2D eigenvalue weighted by Gasteiger charge is -2.38. The summed E-state index contributed by atoms with van der Waals surface area (Å²) >= 11 is 6.44. The van der Waals surface area contributed by atoms with Crippen molar-refractivity contribution in [3.8, 4) is 11.5 Å². The lowest BCUT2D eigenvalue weighted by Crippen LogP contribution is -2.54. The minimum absolute atomic E-state index is 0.0122. The molecule has 36 heavy (non-hydrogen) atoms. The first-order chi connectivity index (χ1) is 16.9. The van der Waals surface area contributed by atoms with Crippen molar-refractivity contribution in [1.82, 2.24) is 0 Å². The minimum Gasteiger partial charge on any atom is -0.487 e. The number of hydrogen-bond donors (Lipinski definition) is 2.